The van der Waals surface area contributed by atoms with E-state index in [2.05, 4.69) is 73.0 Å². The summed E-state index contributed by atoms with van der Waals surface area (Å²) in [6.45, 7) is 5.06. The van der Waals surface area contributed by atoms with Gasteiger partial charge in [-0.1, -0.05) is 30.3 Å². The lowest BCUT2D eigenvalue weighted by Crippen LogP contribution is -2.12. The fraction of sp³-hybridized carbons (Fsp3) is 0.300. The van der Waals surface area contributed by atoms with Crippen molar-refractivity contribution in [2.24, 2.45) is 0 Å². The van der Waals surface area contributed by atoms with Crippen molar-refractivity contribution in [3.63, 3.8) is 0 Å². The van der Waals surface area contributed by atoms with E-state index in [0.717, 1.165) is 31.1 Å². The third-order valence-corrected chi connectivity index (χ3v) is 5.29. The Balaban J connectivity index is 1.75. The number of hydrogen-bond donors (Lipinski definition) is 1. The fourth-order valence-electron chi connectivity index (χ4n) is 4.05. The van der Waals surface area contributed by atoms with Crippen molar-refractivity contribution in [3.05, 3.63) is 65.6 Å². The molecular formula is C20H21N5. The van der Waals surface area contributed by atoms with Crippen LogP contribution in [0, 0.1) is 6.92 Å². The second-order valence-corrected chi connectivity index (χ2v) is 6.88. The summed E-state index contributed by atoms with van der Waals surface area (Å²) in [6, 6.07) is 17.3. The van der Waals surface area contributed by atoms with Gasteiger partial charge in [0.2, 0.25) is 0 Å². The van der Waals surface area contributed by atoms with E-state index in [4.69, 9.17) is 0 Å². The Bertz CT molecular complexity index is 1040. The summed E-state index contributed by atoms with van der Waals surface area (Å²) in [5.74, 6) is 1.50. The highest BCUT2D eigenvalue weighted by molar-refractivity contribution is 5.81. The summed E-state index contributed by atoms with van der Waals surface area (Å²) in [5, 5.41) is 12.0. The Morgan fingerprint density at radius 1 is 1.08 bits per heavy atom. The minimum atomic E-state index is 0.558. The lowest BCUT2D eigenvalue weighted by atomic mass is 10.0. The van der Waals surface area contributed by atoms with Crippen LogP contribution in [0.4, 0.5) is 0 Å². The summed E-state index contributed by atoms with van der Waals surface area (Å²) in [7, 11) is 0. The lowest BCUT2D eigenvalue weighted by molar-refractivity contribution is 0.667. The molecule has 1 unspecified atom stereocenters. The largest absolute Gasteiger partial charge is 0.339 e. The Morgan fingerprint density at radius 2 is 1.96 bits per heavy atom. The van der Waals surface area contributed by atoms with E-state index in [9.17, 15) is 0 Å². The summed E-state index contributed by atoms with van der Waals surface area (Å²) in [6.07, 6.45) is 1.19. The van der Waals surface area contributed by atoms with Crippen LogP contribution in [-0.2, 0) is 6.54 Å². The first kappa shape index (κ1) is 14.7. The normalized spacial score (nSPS) is 17.7. The SMILES string of the molecule is Cc1nnc2ccc3c(cc(C4CCNC4)n3Cc3ccccc3)n12. The Morgan fingerprint density at radius 3 is 2.76 bits per heavy atom. The Hall–Kier alpha value is -2.66. The third kappa shape index (κ3) is 2.35. The topological polar surface area (TPSA) is 47.2 Å². The van der Waals surface area contributed by atoms with Crippen LogP contribution >= 0.6 is 0 Å². The summed E-state index contributed by atoms with van der Waals surface area (Å²) >= 11 is 0. The lowest BCUT2D eigenvalue weighted by Gasteiger charge is -2.15. The van der Waals surface area contributed by atoms with Crippen molar-refractivity contribution in [3.8, 4) is 0 Å². The van der Waals surface area contributed by atoms with Crippen molar-refractivity contribution < 1.29 is 0 Å². The molecule has 1 aromatic carbocycles. The third-order valence-electron chi connectivity index (χ3n) is 5.29. The molecule has 1 atom stereocenters. The standard InChI is InChI=1S/C20H21N5/c1-14-22-23-20-8-7-17-19(25(14)20)11-18(16-9-10-21-12-16)24(17)13-15-5-3-2-4-6-15/h2-8,11,16,21H,9-10,12-13H2,1H3. The van der Waals surface area contributed by atoms with Gasteiger partial charge in [-0.3, -0.25) is 4.40 Å². The number of aromatic nitrogens is 4. The molecule has 126 valence electrons. The highest BCUT2D eigenvalue weighted by Crippen LogP contribution is 2.30. The molecule has 0 saturated carbocycles. The van der Waals surface area contributed by atoms with Crippen LogP contribution < -0.4 is 5.32 Å². The molecule has 0 aliphatic carbocycles. The summed E-state index contributed by atoms with van der Waals surface area (Å²) in [5.41, 5.74) is 6.11. The molecule has 25 heavy (non-hydrogen) atoms. The molecule has 1 aliphatic rings. The van der Waals surface area contributed by atoms with Crippen molar-refractivity contribution >= 4 is 16.7 Å². The molecule has 5 heteroatoms. The number of benzene rings is 1. The zero-order valence-corrected chi connectivity index (χ0v) is 14.3. The van der Waals surface area contributed by atoms with Crippen LogP contribution in [0.5, 0.6) is 0 Å². The highest BCUT2D eigenvalue weighted by atomic mass is 15.2. The van der Waals surface area contributed by atoms with Crippen LogP contribution in [0.3, 0.4) is 0 Å². The number of nitrogens with one attached hydrogen (secondary N) is 1. The number of rotatable bonds is 3. The van der Waals surface area contributed by atoms with E-state index in [1.807, 2.05) is 6.92 Å². The average molecular weight is 331 g/mol. The minimum absolute atomic E-state index is 0.558. The van der Waals surface area contributed by atoms with Crippen LogP contribution in [0.1, 0.15) is 29.4 Å². The number of nitrogens with zero attached hydrogens (tertiary/aromatic N) is 4. The first-order chi connectivity index (χ1) is 12.3. The average Bonchev–Trinajstić information content (AvgIpc) is 3.35. The van der Waals surface area contributed by atoms with Crippen LogP contribution in [-0.4, -0.2) is 32.3 Å². The molecule has 1 aliphatic heterocycles. The van der Waals surface area contributed by atoms with E-state index >= 15 is 0 Å². The molecule has 0 spiro atoms. The summed E-state index contributed by atoms with van der Waals surface area (Å²) < 4.78 is 4.64. The maximum absolute atomic E-state index is 4.28. The van der Waals surface area contributed by atoms with E-state index in [1.54, 1.807) is 0 Å². The second-order valence-electron chi connectivity index (χ2n) is 6.88. The van der Waals surface area contributed by atoms with Crippen molar-refractivity contribution in [2.75, 3.05) is 13.1 Å². The Labute approximate surface area is 146 Å². The van der Waals surface area contributed by atoms with E-state index in [-0.39, 0.29) is 0 Å². The monoisotopic (exact) mass is 331 g/mol. The molecule has 5 nitrogen and oxygen atoms in total. The first-order valence-electron chi connectivity index (χ1n) is 8.90. The first-order valence-corrected chi connectivity index (χ1v) is 8.90. The van der Waals surface area contributed by atoms with Crippen molar-refractivity contribution in [1.29, 1.82) is 0 Å². The van der Waals surface area contributed by atoms with E-state index < -0.39 is 0 Å². The number of pyridine rings is 1. The van der Waals surface area contributed by atoms with Crippen molar-refractivity contribution in [2.45, 2.75) is 25.8 Å². The van der Waals surface area contributed by atoms with Gasteiger partial charge in [-0.25, -0.2) is 0 Å². The van der Waals surface area contributed by atoms with Gasteiger partial charge in [0, 0.05) is 24.7 Å². The van der Waals surface area contributed by atoms with E-state index in [0.29, 0.717) is 5.92 Å². The van der Waals surface area contributed by atoms with E-state index in [1.165, 1.54) is 28.7 Å². The number of fused-ring (bicyclic) bond motifs is 3. The molecule has 3 aromatic heterocycles. The molecule has 0 bridgehead atoms. The molecule has 0 amide bonds. The molecule has 1 fully saturated rings. The minimum Gasteiger partial charge on any atom is -0.339 e. The van der Waals surface area contributed by atoms with Gasteiger partial charge in [0.05, 0.1) is 11.0 Å². The van der Waals surface area contributed by atoms with Gasteiger partial charge >= 0.3 is 0 Å². The van der Waals surface area contributed by atoms with Gasteiger partial charge in [0.25, 0.3) is 0 Å². The maximum Gasteiger partial charge on any atom is 0.161 e. The fourth-order valence-corrected chi connectivity index (χ4v) is 4.05. The second kappa shape index (κ2) is 5.70. The predicted molar refractivity (Wildman–Crippen MR) is 99.0 cm³/mol. The molecule has 4 heterocycles. The van der Waals surface area contributed by atoms with Gasteiger partial charge in [0.1, 0.15) is 5.82 Å². The van der Waals surface area contributed by atoms with Gasteiger partial charge in [-0.2, -0.15) is 0 Å². The molecule has 1 saturated heterocycles. The highest BCUT2D eigenvalue weighted by Gasteiger charge is 2.23. The molecule has 0 radical (unpaired) electrons. The van der Waals surface area contributed by atoms with Crippen LogP contribution in [0.15, 0.2) is 48.5 Å². The van der Waals surface area contributed by atoms with Gasteiger partial charge in [0.15, 0.2) is 5.65 Å². The zero-order valence-electron chi connectivity index (χ0n) is 14.3. The maximum atomic E-state index is 4.28. The predicted octanol–water partition coefficient (Wildman–Crippen LogP) is 3.12. The number of aryl methyl sites for hydroxylation is 1. The molecule has 4 aromatic rings. The molecule has 5 rings (SSSR count). The zero-order chi connectivity index (χ0) is 16.8. The molecular weight excluding hydrogens is 310 g/mol. The quantitative estimate of drug-likeness (QED) is 0.627. The van der Waals surface area contributed by atoms with Gasteiger partial charge in [-0.15, -0.1) is 10.2 Å². The van der Waals surface area contributed by atoms with Crippen molar-refractivity contribution in [1.82, 2.24) is 24.5 Å². The van der Waals surface area contributed by atoms with Gasteiger partial charge < -0.3 is 9.88 Å². The smallest absolute Gasteiger partial charge is 0.161 e. The van der Waals surface area contributed by atoms with Crippen LogP contribution in [0.2, 0.25) is 0 Å². The molecule has 1 N–H and O–H groups in total. The Kier molecular flexibility index (Phi) is 3.35. The van der Waals surface area contributed by atoms with Crippen LogP contribution in [0.25, 0.3) is 16.7 Å². The summed E-state index contributed by atoms with van der Waals surface area (Å²) in [4.78, 5) is 0. The van der Waals surface area contributed by atoms with Gasteiger partial charge in [-0.05, 0) is 43.7 Å². The number of hydrogen-bond acceptors (Lipinski definition) is 3.